The molecule has 0 saturated carbocycles. The number of carbonyl (C=O) groups excluding carboxylic acids is 3. The molecule has 1 N–H and O–H groups in total. The Morgan fingerprint density at radius 3 is 2.32 bits per heavy atom. The highest BCUT2D eigenvalue weighted by atomic mass is 32.2. The van der Waals surface area contributed by atoms with Crippen LogP contribution < -0.4 is 10.1 Å². The Hall–Kier alpha value is -4.24. The summed E-state index contributed by atoms with van der Waals surface area (Å²) in [5.41, 5.74) is 3.26. The first-order chi connectivity index (χ1) is 28.5. The summed E-state index contributed by atoms with van der Waals surface area (Å²) >= 11 is 1.53. The standard InChI is InChI=1S/C46H58F2N2O9S/c1-9-30-12-13-31(41-43(56-28(4)52)40(55-27(3)51)26(2)44(58-41)60-8)21-32(30)20-29-10-15-35(16-11-29)57-36-18-19-50(24-36)34-23-39(49-45(53)59-46(5,6)7)42(54-25-34)37-22-33(47)14-17-38(37)48/h10-17,21-22,26,34,36,39-44H,9,18-20,23-25H2,1-8H3,(H,49,53)/t26-,34+,36+,39-,40-,41-,42+,43+,44+/m0/s1. The summed E-state index contributed by atoms with van der Waals surface area (Å²) < 4.78 is 65.4. The highest BCUT2D eigenvalue weighted by molar-refractivity contribution is 7.99. The van der Waals surface area contributed by atoms with E-state index in [9.17, 15) is 23.2 Å². The molecule has 6 rings (SSSR count). The molecule has 0 bridgehead atoms. The van der Waals surface area contributed by atoms with Gasteiger partial charge in [-0.05, 0) is 105 Å². The fourth-order valence-electron chi connectivity index (χ4n) is 8.51. The van der Waals surface area contributed by atoms with Crippen LogP contribution in [0.3, 0.4) is 0 Å². The van der Waals surface area contributed by atoms with Gasteiger partial charge in [0.25, 0.3) is 0 Å². The van der Waals surface area contributed by atoms with Crippen molar-refractivity contribution in [3.63, 3.8) is 0 Å². The second-order valence-electron chi connectivity index (χ2n) is 17.0. The fraction of sp³-hybridized carbons (Fsp3) is 0.543. The van der Waals surface area contributed by atoms with Gasteiger partial charge >= 0.3 is 18.0 Å². The molecule has 3 fully saturated rings. The summed E-state index contributed by atoms with van der Waals surface area (Å²) in [5, 5.41) is 2.87. The summed E-state index contributed by atoms with van der Waals surface area (Å²) in [6, 6.07) is 16.8. The highest BCUT2D eigenvalue weighted by Gasteiger charge is 2.48. The first-order valence-electron chi connectivity index (χ1n) is 20.7. The van der Waals surface area contributed by atoms with E-state index in [2.05, 4.69) is 41.4 Å². The third kappa shape index (κ3) is 11.4. The Bertz CT molecular complexity index is 1980. The van der Waals surface area contributed by atoms with Gasteiger partial charge in [-0.25, -0.2) is 13.6 Å². The number of halogens is 2. The van der Waals surface area contributed by atoms with Gasteiger partial charge < -0.3 is 33.7 Å². The van der Waals surface area contributed by atoms with Crippen molar-refractivity contribution in [1.82, 2.24) is 10.2 Å². The minimum Gasteiger partial charge on any atom is -0.489 e. The van der Waals surface area contributed by atoms with Crippen LogP contribution in [0, 0.1) is 17.6 Å². The molecule has 60 heavy (non-hydrogen) atoms. The molecule has 0 aliphatic carbocycles. The first kappa shape index (κ1) is 45.3. The van der Waals surface area contributed by atoms with Crippen LogP contribution in [0.4, 0.5) is 13.6 Å². The van der Waals surface area contributed by atoms with Crippen LogP contribution in [0.25, 0.3) is 0 Å². The van der Waals surface area contributed by atoms with Gasteiger partial charge in [0.2, 0.25) is 0 Å². The van der Waals surface area contributed by atoms with Crippen molar-refractivity contribution in [2.24, 2.45) is 5.92 Å². The molecule has 326 valence electrons. The minimum absolute atomic E-state index is 0.0544. The van der Waals surface area contributed by atoms with Gasteiger partial charge in [0.15, 0.2) is 6.10 Å². The lowest BCUT2D eigenvalue weighted by Gasteiger charge is -2.44. The van der Waals surface area contributed by atoms with Gasteiger partial charge in [-0.3, -0.25) is 14.5 Å². The fourth-order valence-corrected chi connectivity index (χ4v) is 9.33. The third-order valence-electron chi connectivity index (χ3n) is 11.3. The number of alkyl carbamates (subject to hydrolysis) is 1. The molecule has 0 radical (unpaired) electrons. The Labute approximate surface area is 356 Å². The predicted octanol–water partition coefficient (Wildman–Crippen LogP) is 8.25. The zero-order chi connectivity index (χ0) is 43.3. The van der Waals surface area contributed by atoms with Crippen LogP contribution in [0.5, 0.6) is 5.75 Å². The van der Waals surface area contributed by atoms with E-state index in [0.29, 0.717) is 19.4 Å². The van der Waals surface area contributed by atoms with Crippen molar-refractivity contribution in [3.8, 4) is 5.75 Å². The molecule has 3 aliphatic heterocycles. The Balaban J connectivity index is 1.11. The maximum Gasteiger partial charge on any atom is 0.407 e. The maximum absolute atomic E-state index is 14.9. The van der Waals surface area contributed by atoms with Gasteiger partial charge in [-0.1, -0.05) is 44.2 Å². The summed E-state index contributed by atoms with van der Waals surface area (Å²) in [6.45, 7) is 13.7. The lowest BCUT2D eigenvalue weighted by atomic mass is 9.87. The first-order valence-corrected chi connectivity index (χ1v) is 22.0. The molecule has 3 aromatic carbocycles. The van der Waals surface area contributed by atoms with Gasteiger partial charge in [0.05, 0.1) is 12.6 Å². The van der Waals surface area contributed by atoms with Crippen molar-refractivity contribution < 1.29 is 51.6 Å². The van der Waals surface area contributed by atoms with Gasteiger partial charge in [-0.2, -0.15) is 0 Å². The van der Waals surface area contributed by atoms with E-state index in [-0.39, 0.29) is 35.7 Å². The minimum atomic E-state index is -0.886. The van der Waals surface area contributed by atoms with E-state index in [1.807, 2.05) is 31.4 Å². The Kier molecular flexibility index (Phi) is 14.8. The second-order valence-corrected chi connectivity index (χ2v) is 17.9. The van der Waals surface area contributed by atoms with E-state index >= 15 is 0 Å². The van der Waals surface area contributed by atoms with Crippen LogP contribution in [0.1, 0.15) is 101 Å². The van der Waals surface area contributed by atoms with Crippen molar-refractivity contribution >= 4 is 29.8 Å². The van der Waals surface area contributed by atoms with E-state index in [1.54, 1.807) is 20.8 Å². The number of rotatable bonds is 12. The molecular formula is C46H58F2N2O9S. The van der Waals surface area contributed by atoms with E-state index in [4.69, 9.17) is 28.4 Å². The van der Waals surface area contributed by atoms with Gasteiger partial charge in [0.1, 0.15) is 52.8 Å². The number of nitrogens with one attached hydrogen (secondary N) is 1. The molecule has 3 saturated heterocycles. The van der Waals surface area contributed by atoms with Crippen molar-refractivity contribution in [3.05, 3.63) is 100 Å². The Morgan fingerprint density at radius 2 is 1.65 bits per heavy atom. The number of ether oxygens (including phenoxy) is 6. The normalized spacial score (nSPS) is 27.2. The Morgan fingerprint density at radius 1 is 0.933 bits per heavy atom. The number of thioether (sulfide) groups is 1. The zero-order valence-corrected chi connectivity index (χ0v) is 36.5. The van der Waals surface area contributed by atoms with Crippen LogP contribution in [-0.2, 0) is 46.1 Å². The molecule has 14 heteroatoms. The number of hydrogen-bond acceptors (Lipinski definition) is 11. The van der Waals surface area contributed by atoms with Crippen molar-refractivity contribution in [2.45, 2.75) is 128 Å². The number of nitrogens with zero attached hydrogens (tertiary/aromatic N) is 1. The highest BCUT2D eigenvalue weighted by Crippen LogP contribution is 2.42. The number of carbonyl (C=O) groups is 3. The van der Waals surface area contributed by atoms with E-state index in [1.165, 1.54) is 31.2 Å². The number of benzene rings is 3. The predicted molar refractivity (Wildman–Crippen MR) is 224 cm³/mol. The number of hydrogen-bond donors (Lipinski definition) is 1. The summed E-state index contributed by atoms with van der Waals surface area (Å²) in [6.07, 6.45) is 0.907. The smallest absolute Gasteiger partial charge is 0.407 e. The SMILES string of the molecule is CCc1ccc([C@@H]2O[C@H](SC)[C@@H](C)[C@H](OC(C)=O)[C@H]2OC(C)=O)cc1Cc1ccc(O[C@@H]2CCN([C@H]3CO[C@H](c4cc(F)ccc4F)[C@@H](NC(=O)OC(C)(C)C)C3)C2)cc1. The summed E-state index contributed by atoms with van der Waals surface area (Å²) in [4.78, 5) is 39.6. The van der Waals surface area contributed by atoms with Gasteiger partial charge in [0, 0.05) is 44.5 Å². The number of amides is 1. The molecule has 0 unspecified atom stereocenters. The van der Waals surface area contributed by atoms with Crippen LogP contribution >= 0.6 is 11.8 Å². The second kappa shape index (κ2) is 19.6. The third-order valence-corrected chi connectivity index (χ3v) is 12.3. The molecule has 11 nitrogen and oxygen atoms in total. The quantitative estimate of drug-likeness (QED) is 0.140. The average molecular weight is 853 g/mol. The van der Waals surface area contributed by atoms with Crippen LogP contribution in [0.15, 0.2) is 60.7 Å². The van der Waals surface area contributed by atoms with Crippen LogP contribution in [0.2, 0.25) is 0 Å². The van der Waals surface area contributed by atoms with Gasteiger partial charge in [-0.15, -0.1) is 11.8 Å². The largest absolute Gasteiger partial charge is 0.489 e. The lowest BCUT2D eigenvalue weighted by molar-refractivity contribution is -0.211. The van der Waals surface area contributed by atoms with Crippen LogP contribution in [-0.4, -0.2) is 90.3 Å². The lowest BCUT2D eigenvalue weighted by Crippen LogP contribution is -2.52. The number of aryl methyl sites for hydroxylation is 1. The summed E-state index contributed by atoms with van der Waals surface area (Å²) in [7, 11) is 0. The number of esters is 2. The molecule has 1 amide bonds. The molecule has 9 atom stereocenters. The average Bonchev–Trinajstić information content (AvgIpc) is 3.65. The monoisotopic (exact) mass is 852 g/mol. The van der Waals surface area contributed by atoms with Crippen molar-refractivity contribution in [1.29, 1.82) is 0 Å². The molecule has 3 aliphatic rings. The number of likely N-dealkylation sites (tertiary alicyclic amines) is 1. The maximum atomic E-state index is 14.9. The molecule has 3 aromatic rings. The summed E-state index contributed by atoms with van der Waals surface area (Å²) in [5.74, 6) is -1.57. The molecular weight excluding hydrogens is 795 g/mol. The van der Waals surface area contributed by atoms with E-state index < -0.39 is 65.7 Å². The topological polar surface area (TPSA) is 122 Å². The molecule has 3 heterocycles. The molecule has 0 aromatic heterocycles. The molecule has 0 spiro atoms. The zero-order valence-electron chi connectivity index (χ0n) is 35.7. The van der Waals surface area contributed by atoms with Crippen molar-refractivity contribution in [2.75, 3.05) is 26.0 Å². The van der Waals surface area contributed by atoms with E-state index in [0.717, 1.165) is 60.0 Å².